The first-order chi connectivity index (χ1) is 14.7. The molecule has 0 radical (unpaired) electrons. The Morgan fingerprint density at radius 3 is 2.75 bits per heavy atom. The molecular formula is C23H29Cl2N5O2. The number of ether oxygens (including phenoxy) is 1. The van der Waals surface area contributed by atoms with Crippen molar-refractivity contribution in [3.8, 4) is 0 Å². The molecule has 1 atom stereocenters. The summed E-state index contributed by atoms with van der Waals surface area (Å²) in [5, 5.41) is 6.50. The predicted molar refractivity (Wildman–Crippen MR) is 129 cm³/mol. The Hall–Kier alpha value is -2.19. The summed E-state index contributed by atoms with van der Waals surface area (Å²) < 4.78 is 8.12. The van der Waals surface area contributed by atoms with Gasteiger partial charge in [0, 0.05) is 12.7 Å². The molecular weight excluding hydrogens is 449 g/mol. The van der Waals surface area contributed by atoms with Gasteiger partial charge in [-0.3, -0.25) is 4.79 Å². The maximum Gasteiger partial charge on any atom is 0.253 e. The maximum atomic E-state index is 12.8. The van der Waals surface area contributed by atoms with E-state index in [2.05, 4.69) is 32.7 Å². The van der Waals surface area contributed by atoms with Crippen LogP contribution in [0.3, 0.4) is 0 Å². The molecule has 2 fully saturated rings. The molecule has 2 aromatic heterocycles. The molecule has 1 spiro atoms. The average molecular weight is 478 g/mol. The molecule has 4 heterocycles. The van der Waals surface area contributed by atoms with Crippen molar-refractivity contribution in [2.75, 3.05) is 19.7 Å². The van der Waals surface area contributed by atoms with Crippen molar-refractivity contribution in [1.82, 2.24) is 25.2 Å². The van der Waals surface area contributed by atoms with E-state index in [1.54, 1.807) is 12.5 Å². The highest BCUT2D eigenvalue weighted by Crippen LogP contribution is 2.34. The van der Waals surface area contributed by atoms with Crippen molar-refractivity contribution in [1.29, 1.82) is 0 Å². The third kappa shape index (κ3) is 5.23. The van der Waals surface area contributed by atoms with Crippen LogP contribution in [-0.4, -0.2) is 51.8 Å². The van der Waals surface area contributed by atoms with E-state index in [1.165, 1.54) is 5.56 Å². The number of pyridine rings is 1. The number of aromatic nitrogens is 3. The van der Waals surface area contributed by atoms with Gasteiger partial charge in [-0.15, -0.1) is 24.8 Å². The Balaban J connectivity index is 0.00000144. The number of halogens is 2. The third-order valence-electron chi connectivity index (χ3n) is 6.26. The first-order valence-corrected chi connectivity index (χ1v) is 10.7. The molecule has 32 heavy (non-hydrogen) atoms. The molecule has 1 aromatic carbocycles. The number of piperidine rings is 1. The van der Waals surface area contributed by atoms with Gasteiger partial charge in [0.05, 0.1) is 30.1 Å². The predicted octanol–water partition coefficient (Wildman–Crippen LogP) is 3.16. The topological polar surface area (TPSA) is 81.1 Å². The van der Waals surface area contributed by atoms with Gasteiger partial charge in [0.2, 0.25) is 0 Å². The van der Waals surface area contributed by atoms with Gasteiger partial charge < -0.3 is 19.9 Å². The summed E-state index contributed by atoms with van der Waals surface area (Å²) in [6.45, 7) is 3.34. The molecule has 9 heteroatoms. The van der Waals surface area contributed by atoms with Crippen molar-refractivity contribution in [2.45, 2.75) is 43.9 Å². The largest absolute Gasteiger partial charge is 0.373 e. The first-order valence-electron chi connectivity index (χ1n) is 10.7. The lowest BCUT2D eigenvalue weighted by atomic mass is 9.88. The Morgan fingerprint density at radius 1 is 1.19 bits per heavy atom. The second-order valence-corrected chi connectivity index (χ2v) is 8.36. The van der Waals surface area contributed by atoms with Crippen LogP contribution in [0, 0.1) is 0 Å². The molecule has 2 aliphatic heterocycles. The number of carbonyl (C=O) groups is 1. The molecule has 5 rings (SSSR count). The highest BCUT2D eigenvalue weighted by Gasteiger charge is 2.41. The van der Waals surface area contributed by atoms with Gasteiger partial charge >= 0.3 is 0 Å². The maximum absolute atomic E-state index is 12.8. The molecule has 3 aromatic rings. The van der Waals surface area contributed by atoms with E-state index >= 15 is 0 Å². The summed E-state index contributed by atoms with van der Waals surface area (Å²) in [4.78, 5) is 21.8. The zero-order valence-corrected chi connectivity index (χ0v) is 19.5. The number of carbonyl (C=O) groups excluding carboxylic acids is 1. The second kappa shape index (κ2) is 10.6. The second-order valence-electron chi connectivity index (χ2n) is 8.36. The van der Waals surface area contributed by atoms with E-state index in [0.717, 1.165) is 56.5 Å². The number of nitrogens with zero attached hydrogens (tertiary/aromatic N) is 3. The minimum Gasteiger partial charge on any atom is -0.373 e. The number of benzene rings is 1. The molecule has 0 bridgehead atoms. The lowest BCUT2D eigenvalue weighted by Crippen LogP contribution is -2.43. The van der Waals surface area contributed by atoms with Crippen molar-refractivity contribution in [3.63, 3.8) is 0 Å². The summed E-state index contributed by atoms with van der Waals surface area (Å²) in [7, 11) is 0. The van der Waals surface area contributed by atoms with Crippen LogP contribution in [0.1, 0.15) is 35.2 Å². The van der Waals surface area contributed by atoms with E-state index in [4.69, 9.17) is 4.74 Å². The van der Waals surface area contributed by atoms with Gasteiger partial charge in [0.25, 0.3) is 5.91 Å². The normalized spacial score (nSPS) is 19.3. The van der Waals surface area contributed by atoms with E-state index < -0.39 is 0 Å². The quantitative estimate of drug-likeness (QED) is 0.589. The fourth-order valence-electron chi connectivity index (χ4n) is 4.57. The lowest BCUT2D eigenvalue weighted by molar-refractivity contribution is -0.0194. The highest BCUT2D eigenvalue weighted by molar-refractivity contribution is 5.96. The third-order valence-corrected chi connectivity index (χ3v) is 6.26. The summed E-state index contributed by atoms with van der Waals surface area (Å²) in [5.41, 5.74) is 3.31. The number of nitrogens with one attached hydrogen (secondary N) is 2. The summed E-state index contributed by atoms with van der Waals surface area (Å²) in [5.74, 6) is -0.109. The van der Waals surface area contributed by atoms with Crippen LogP contribution in [-0.2, 0) is 17.7 Å². The SMILES string of the molecule is Cl.Cl.O=C(NC1COC2(CCNCC2)C1)c1cnc2c(c1)ncn2CCc1ccccc1. The first kappa shape index (κ1) is 24.5. The van der Waals surface area contributed by atoms with Gasteiger partial charge in [-0.2, -0.15) is 0 Å². The van der Waals surface area contributed by atoms with E-state index in [9.17, 15) is 4.79 Å². The number of hydrogen-bond donors (Lipinski definition) is 2. The Labute approximate surface area is 200 Å². The van der Waals surface area contributed by atoms with E-state index in [1.807, 2.05) is 28.8 Å². The monoisotopic (exact) mass is 477 g/mol. The van der Waals surface area contributed by atoms with Crippen LogP contribution in [0.4, 0.5) is 0 Å². The molecule has 2 N–H and O–H groups in total. The van der Waals surface area contributed by atoms with Crippen molar-refractivity contribution >= 4 is 41.9 Å². The smallest absolute Gasteiger partial charge is 0.253 e. The van der Waals surface area contributed by atoms with Crippen LogP contribution in [0.2, 0.25) is 0 Å². The number of imidazole rings is 1. The van der Waals surface area contributed by atoms with E-state index in [-0.39, 0.29) is 42.4 Å². The number of fused-ring (bicyclic) bond motifs is 1. The standard InChI is InChI=1S/C23H27N5O2.2ClH/c29-22(27-19-13-23(30-15-19)7-9-24-10-8-23)18-12-20-21(25-14-18)28(16-26-20)11-6-17-4-2-1-3-5-17;;/h1-5,12,14,16,19,24H,6-11,13,15H2,(H,27,29);2*1H. The van der Waals surface area contributed by atoms with Crippen molar-refractivity contribution in [2.24, 2.45) is 0 Å². The number of rotatable bonds is 5. The van der Waals surface area contributed by atoms with Crippen LogP contribution in [0.15, 0.2) is 48.9 Å². The Morgan fingerprint density at radius 2 is 1.97 bits per heavy atom. The zero-order valence-electron chi connectivity index (χ0n) is 17.8. The van der Waals surface area contributed by atoms with Crippen molar-refractivity contribution in [3.05, 3.63) is 60.0 Å². The number of amides is 1. The molecule has 1 amide bonds. The minimum absolute atomic E-state index is 0. The molecule has 0 saturated carbocycles. The van der Waals surface area contributed by atoms with Gasteiger partial charge in [-0.1, -0.05) is 30.3 Å². The number of hydrogen-bond acceptors (Lipinski definition) is 5. The molecule has 2 aliphatic rings. The number of aryl methyl sites for hydroxylation is 2. The van der Waals surface area contributed by atoms with Crippen molar-refractivity contribution < 1.29 is 9.53 Å². The summed E-state index contributed by atoms with van der Waals surface area (Å²) >= 11 is 0. The van der Waals surface area contributed by atoms with Gasteiger partial charge in [-0.05, 0) is 50.4 Å². The fourth-order valence-corrected chi connectivity index (χ4v) is 4.57. The van der Waals surface area contributed by atoms with Gasteiger partial charge in [-0.25, -0.2) is 9.97 Å². The van der Waals surface area contributed by atoms with Crippen LogP contribution in [0.25, 0.3) is 11.2 Å². The lowest BCUT2D eigenvalue weighted by Gasteiger charge is -2.32. The average Bonchev–Trinajstić information content (AvgIpc) is 3.37. The van der Waals surface area contributed by atoms with Gasteiger partial charge in [0.1, 0.15) is 5.52 Å². The minimum atomic E-state index is -0.109. The zero-order chi connectivity index (χ0) is 20.4. The molecule has 1 unspecified atom stereocenters. The van der Waals surface area contributed by atoms with Crippen LogP contribution in [0.5, 0.6) is 0 Å². The fraction of sp³-hybridized carbons (Fsp3) is 0.435. The van der Waals surface area contributed by atoms with Crippen LogP contribution < -0.4 is 10.6 Å². The Bertz CT molecular complexity index is 1040. The van der Waals surface area contributed by atoms with Crippen LogP contribution >= 0.6 is 24.8 Å². The summed E-state index contributed by atoms with van der Waals surface area (Å²) in [6, 6.07) is 12.2. The molecule has 7 nitrogen and oxygen atoms in total. The molecule has 0 aliphatic carbocycles. The van der Waals surface area contributed by atoms with Gasteiger partial charge in [0.15, 0.2) is 5.65 Å². The molecule has 172 valence electrons. The van der Waals surface area contributed by atoms with E-state index in [0.29, 0.717) is 12.2 Å². The highest BCUT2D eigenvalue weighted by atomic mass is 35.5. The summed E-state index contributed by atoms with van der Waals surface area (Å²) in [6.07, 6.45) is 7.25. The molecule has 2 saturated heterocycles. The Kier molecular flexibility index (Phi) is 8.11.